The van der Waals surface area contributed by atoms with Crippen molar-refractivity contribution in [3.8, 4) is 0 Å². The van der Waals surface area contributed by atoms with E-state index in [9.17, 15) is 19.2 Å². The number of nitrogens with two attached hydrogens (primary N) is 1. The molecule has 0 spiro atoms. The molecule has 2 aromatic carbocycles. The summed E-state index contributed by atoms with van der Waals surface area (Å²) in [6.45, 7) is 0. The molecule has 0 saturated carbocycles. The quantitative estimate of drug-likeness (QED) is 0.476. The SMILES string of the molecule is NC(=O)c1ccc(NC(=O)CSc2ccc(NC(=O)CCC(=O)O)cc2)cc1. The molecule has 0 aliphatic heterocycles. The lowest BCUT2D eigenvalue weighted by molar-refractivity contribution is -0.138. The summed E-state index contributed by atoms with van der Waals surface area (Å²) in [6.07, 6.45) is -0.313. The number of hydrogen-bond donors (Lipinski definition) is 4. The molecule has 9 heteroatoms. The van der Waals surface area contributed by atoms with Crippen LogP contribution < -0.4 is 16.4 Å². The van der Waals surface area contributed by atoms with Crippen molar-refractivity contribution in [3.63, 3.8) is 0 Å². The van der Waals surface area contributed by atoms with Gasteiger partial charge in [0.25, 0.3) is 0 Å². The molecule has 146 valence electrons. The Labute approximate surface area is 165 Å². The first-order valence-electron chi connectivity index (χ1n) is 8.27. The smallest absolute Gasteiger partial charge is 0.303 e. The van der Waals surface area contributed by atoms with Crippen LogP contribution in [-0.4, -0.2) is 34.6 Å². The maximum atomic E-state index is 12.0. The second-order valence-corrected chi connectivity index (χ2v) is 6.79. The molecule has 3 amide bonds. The van der Waals surface area contributed by atoms with Gasteiger partial charge in [-0.25, -0.2) is 0 Å². The number of carboxylic acid groups (broad SMARTS) is 1. The summed E-state index contributed by atoms with van der Waals surface area (Å²) in [5, 5.41) is 13.9. The monoisotopic (exact) mass is 401 g/mol. The van der Waals surface area contributed by atoms with Gasteiger partial charge in [-0.1, -0.05) is 0 Å². The number of rotatable bonds is 9. The molecule has 0 aromatic heterocycles. The third-order valence-corrected chi connectivity index (χ3v) is 4.54. The van der Waals surface area contributed by atoms with Crippen LogP contribution in [0.5, 0.6) is 0 Å². The van der Waals surface area contributed by atoms with Crippen LogP contribution in [0.2, 0.25) is 0 Å². The molecule has 0 fully saturated rings. The maximum Gasteiger partial charge on any atom is 0.303 e. The van der Waals surface area contributed by atoms with Gasteiger partial charge in [0, 0.05) is 28.3 Å². The number of thioether (sulfide) groups is 1. The fourth-order valence-corrected chi connectivity index (χ4v) is 2.84. The number of nitrogens with one attached hydrogen (secondary N) is 2. The van der Waals surface area contributed by atoms with E-state index >= 15 is 0 Å². The molecule has 8 nitrogen and oxygen atoms in total. The van der Waals surface area contributed by atoms with Gasteiger partial charge in [-0.3, -0.25) is 19.2 Å². The van der Waals surface area contributed by atoms with E-state index in [0.29, 0.717) is 16.9 Å². The zero-order chi connectivity index (χ0) is 20.5. The molecule has 0 heterocycles. The van der Waals surface area contributed by atoms with Crippen molar-refractivity contribution in [2.45, 2.75) is 17.7 Å². The van der Waals surface area contributed by atoms with Gasteiger partial charge in [0.05, 0.1) is 12.2 Å². The molecular weight excluding hydrogens is 382 g/mol. The van der Waals surface area contributed by atoms with Gasteiger partial charge in [-0.15, -0.1) is 11.8 Å². The predicted molar refractivity (Wildman–Crippen MR) is 106 cm³/mol. The van der Waals surface area contributed by atoms with E-state index in [-0.39, 0.29) is 30.4 Å². The van der Waals surface area contributed by atoms with Gasteiger partial charge in [0.1, 0.15) is 0 Å². The summed E-state index contributed by atoms with van der Waals surface area (Å²) in [5.74, 6) is -1.95. The molecule has 28 heavy (non-hydrogen) atoms. The number of carbonyl (C=O) groups excluding carboxylic acids is 3. The predicted octanol–water partition coefficient (Wildman–Crippen LogP) is 2.32. The first-order chi connectivity index (χ1) is 13.3. The number of amides is 3. The Morgan fingerprint density at radius 2 is 1.36 bits per heavy atom. The fourth-order valence-electron chi connectivity index (χ4n) is 2.14. The van der Waals surface area contributed by atoms with Crippen molar-refractivity contribution in [1.29, 1.82) is 0 Å². The van der Waals surface area contributed by atoms with Gasteiger partial charge in [0.2, 0.25) is 17.7 Å². The molecule has 0 aliphatic rings. The van der Waals surface area contributed by atoms with E-state index in [2.05, 4.69) is 10.6 Å². The number of hydrogen-bond acceptors (Lipinski definition) is 5. The number of primary amides is 1. The zero-order valence-electron chi connectivity index (χ0n) is 14.8. The van der Waals surface area contributed by atoms with Gasteiger partial charge >= 0.3 is 5.97 Å². The van der Waals surface area contributed by atoms with Crippen molar-refractivity contribution in [1.82, 2.24) is 0 Å². The third kappa shape index (κ3) is 7.12. The van der Waals surface area contributed by atoms with E-state index in [4.69, 9.17) is 10.8 Å². The summed E-state index contributed by atoms with van der Waals surface area (Å²) in [4.78, 5) is 45.9. The van der Waals surface area contributed by atoms with E-state index in [1.54, 1.807) is 36.4 Å². The van der Waals surface area contributed by atoms with Crippen LogP contribution >= 0.6 is 11.8 Å². The van der Waals surface area contributed by atoms with Crippen LogP contribution in [-0.2, 0) is 14.4 Å². The highest BCUT2D eigenvalue weighted by molar-refractivity contribution is 8.00. The van der Waals surface area contributed by atoms with E-state index < -0.39 is 11.9 Å². The second-order valence-electron chi connectivity index (χ2n) is 5.74. The van der Waals surface area contributed by atoms with Crippen molar-refractivity contribution in [2.75, 3.05) is 16.4 Å². The number of carboxylic acids is 1. The van der Waals surface area contributed by atoms with Crippen LogP contribution in [0.3, 0.4) is 0 Å². The summed E-state index contributed by atoms with van der Waals surface area (Å²) in [5.41, 5.74) is 6.65. The Bertz CT molecular complexity index is 866. The highest BCUT2D eigenvalue weighted by Gasteiger charge is 2.07. The number of carbonyl (C=O) groups is 4. The van der Waals surface area contributed by atoms with Gasteiger partial charge in [-0.2, -0.15) is 0 Å². The van der Waals surface area contributed by atoms with Crippen LogP contribution in [0, 0.1) is 0 Å². The number of anilines is 2. The zero-order valence-corrected chi connectivity index (χ0v) is 15.6. The van der Waals surface area contributed by atoms with E-state index in [1.807, 2.05) is 0 Å². The van der Waals surface area contributed by atoms with Crippen LogP contribution in [0.15, 0.2) is 53.4 Å². The number of benzene rings is 2. The molecule has 0 aliphatic carbocycles. The van der Waals surface area contributed by atoms with Crippen LogP contribution in [0.25, 0.3) is 0 Å². The molecule has 0 bridgehead atoms. The minimum Gasteiger partial charge on any atom is -0.481 e. The Balaban J connectivity index is 1.79. The maximum absolute atomic E-state index is 12.0. The molecular formula is C19H19N3O5S. The molecule has 0 radical (unpaired) electrons. The van der Waals surface area contributed by atoms with Crippen LogP contribution in [0.4, 0.5) is 11.4 Å². The molecule has 0 unspecified atom stereocenters. The van der Waals surface area contributed by atoms with Crippen LogP contribution in [0.1, 0.15) is 23.2 Å². The molecule has 2 rings (SSSR count). The summed E-state index contributed by atoms with van der Waals surface area (Å²) >= 11 is 1.32. The second kappa shape index (κ2) is 10.1. The van der Waals surface area contributed by atoms with E-state index in [1.165, 1.54) is 23.9 Å². The standard InChI is InChI=1S/C19H19N3O5S/c20-19(27)12-1-3-13(4-2-12)22-17(24)11-28-15-7-5-14(6-8-15)21-16(23)9-10-18(25)26/h1-8H,9-11H2,(H2,20,27)(H,21,23)(H,22,24)(H,25,26). The van der Waals surface area contributed by atoms with E-state index in [0.717, 1.165) is 4.90 Å². The largest absolute Gasteiger partial charge is 0.481 e. The lowest BCUT2D eigenvalue weighted by atomic mass is 10.2. The minimum absolute atomic E-state index is 0.0908. The third-order valence-electron chi connectivity index (χ3n) is 3.53. The summed E-state index contributed by atoms with van der Waals surface area (Å²) in [6, 6.07) is 13.2. The number of aliphatic carboxylic acids is 1. The highest BCUT2D eigenvalue weighted by Crippen LogP contribution is 2.21. The summed E-state index contributed by atoms with van der Waals surface area (Å²) in [7, 11) is 0. The first kappa shape index (κ1) is 21.0. The summed E-state index contributed by atoms with van der Waals surface area (Å²) < 4.78 is 0. The highest BCUT2D eigenvalue weighted by atomic mass is 32.2. The van der Waals surface area contributed by atoms with Crippen molar-refractivity contribution < 1.29 is 24.3 Å². The average molecular weight is 401 g/mol. The van der Waals surface area contributed by atoms with Gasteiger partial charge in [-0.05, 0) is 48.5 Å². The lowest BCUT2D eigenvalue weighted by Gasteiger charge is -2.07. The minimum atomic E-state index is -1.02. The Morgan fingerprint density at radius 1 is 0.821 bits per heavy atom. The van der Waals surface area contributed by atoms with Gasteiger partial charge < -0.3 is 21.5 Å². The Kier molecular flexibility index (Phi) is 7.58. The molecule has 2 aromatic rings. The fraction of sp³-hybridized carbons (Fsp3) is 0.158. The van der Waals surface area contributed by atoms with Gasteiger partial charge in [0.15, 0.2) is 0 Å². The molecule has 5 N–H and O–H groups in total. The lowest BCUT2D eigenvalue weighted by Crippen LogP contribution is -2.15. The Morgan fingerprint density at radius 3 is 1.89 bits per heavy atom. The van der Waals surface area contributed by atoms with Crippen molar-refractivity contribution >= 4 is 46.8 Å². The van der Waals surface area contributed by atoms with Crippen molar-refractivity contribution in [2.24, 2.45) is 5.73 Å². The topological polar surface area (TPSA) is 139 Å². The normalized spacial score (nSPS) is 10.1. The Hall–Kier alpha value is -3.33. The molecule has 0 atom stereocenters. The average Bonchev–Trinajstić information content (AvgIpc) is 2.66. The van der Waals surface area contributed by atoms with Crippen molar-refractivity contribution in [3.05, 3.63) is 54.1 Å². The molecule has 0 saturated heterocycles. The first-order valence-corrected chi connectivity index (χ1v) is 9.26.